The second kappa shape index (κ2) is 3.67. The average Bonchev–Trinajstić information content (AvgIpc) is 2.04. The van der Waals surface area contributed by atoms with Crippen molar-refractivity contribution in [2.45, 2.75) is 26.2 Å². The lowest BCUT2D eigenvalue weighted by atomic mass is 9.88. The van der Waals surface area contributed by atoms with Gasteiger partial charge in [-0.2, -0.15) is 0 Å². The summed E-state index contributed by atoms with van der Waals surface area (Å²) in [7, 11) is 0. The maximum Gasteiger partial charge on any atom is 0.0465 e. The van der Waals surface area contributed by atoms with Crippen LogP contribution in [0.15, 0.2) is 11.6 Å². The highest BCUT2D eigenvalue weighted by atomic mass is 16.3. The first-order chi connectivity index (χ1) is 5.27. The molecule has 0 spiro atoms. The van der Waals surface area contributed by atoms with Crippen molar-refractivity contribution in [3.8, 4) is 0 Å². The largest absolute Gasteiger partial charge is 0.396 e. The van der Waals surface area contributed by atoms with Crippen LogP contribution in [0.4, 0.5) is 0 Å². The molecule has 1 aliphatic rings. The third-order valence-electron chi connectivity index (χ3n) is 2.22. The minimum atomic E-state index is 0.218. The Hall–Kier alpha value is -0.630. The fourth-order valence-corrected chi connectivity index (χ4v) is 1.43. The van der Waals surface area contributed by atoms with Crippen LogP contribution in [0.5, 0.6) is 0 Å². The zero-order valence-electron chi connectivity index (χ0n) is 6.93. The first kappa shape index (κ1) is 8.47. The first-order valence-electron chi connectivity index (χ1n) is 4.15. The average molecular weight is 153 g/mol. The van der Waals surface area contributed by atoms with Crippen molar-refractivity contribution in [2.75, 3.05) is 6.61 Å². The molecule has 0 heterocycles. The van der Waals surface area contributed by atoms with Crippen LogP contribution in [0.2, 0.25) is 0 Å². The summed E-state index contributed by atoms with van der Waals surface area (Å²) < 4.78 is 0. The smallest absolute Gasteiger partial charge is 0.0465 e. The van der Waals surface area contributed by atoms with E-state index < -0.39 is 0 Å². The van der Waals surface area contributed by atoms with Gasteiger partial charge in [-0.25, -0.2) is 0 Å². The quantitative estimate of drug-likeness (QED) is 0.623. The number of allylic oxidation sites excluding steroid dienone is 2. The van der Waals surface area contributed by atoms with E-state index >= 15 is 0 Å². The number of rotatable bonds is 2. The van der Waals surface area contributed by atoms with Crippen LogP contribution in [0.25, 0.3) is 0 Å². The topological polar surface area (TPSA) is 44.1 Å². The van der Waals surface area contributed by atoms with E-state index in [4.69, 9.17) is 10.5 Å². The molecule has 1 aliphatic carbocycles. The SMILES string of the molecule is CCC1=CCC(CO)CC1=N. The van der Waals surface area contributed by atoms with Crippen molar-refractivity contribution < 1.29 is 5.11 Å². The van der Waals surface area contributed by atoms with Gasteiger partial charge < -0.3 is 10.5 Å². The molecule has 0 saturated carbocycles. The Kier molecular flexibility index (Phi) is 2.83. The van der Waals surface area contributed by atoms with Crippen molar-refractivity contribution in [3.05, 3.63) is 11.6 Å². The van der Waals surface area contributed by atoms with Crippen molar-refractivity contribution in [2.24, 2.45) is 5.92 Å². The van der Waals surface area contributed by atoms with Gasteiger partial charge in [0.05, 0.1) is 0 Å². The Labute approximate surface area is 67.4 Å². The zero-order chi connectivity index (χ0) is 8.27. The van der Waals surface area contributed by atoms with E-state index in [1.807, 2.05) is 0 Å². The molecule has 0 saturated heterocycles. The van der Waals surface area contributed by atoms with Crippen molar-refractivity contribution in [1.29, 1.82) is 5.41 Å². The lowest BCUT2D eigenvalue weighted by molar-refractivity contribution is 0.230. The Morgan fingerprint density at radius 3 is 2.91 bits per heavy atom. The van der Waals surface area contributed by atoms with Crippen LogP contribution in [-0.2, 0) is 0 Å². The molecule has 62 valence electrons. The maximum absolute atomic E-state index is 8.84. The summed E-state index contributed by atoms with van der Waals surface area (Å²) in [6, 6.07) is 0. The predicted molar refractivity (Wildman–Crippen MR) is 45.9 cm³/mol. The number of aliphatic hydroxyl groups excluding tert-OH is 1. The summed E-state index contributed by atoms with van der Waals surface area (Å²) in [5.41, 5.74) is 1.88. The molecule has 11 heavy (non-hydrogen) atoms. The maximum atomic E-state index is 8.84. The van der Waals surface area contributed by atoms with E-state index in [0.29, 0.717) is 5.92 Å². The van der Waals surface area contributed by atoms with Crippen LogP contribution in [0, 0.1) is 11.3 Å². The third kappa shape index (κ3) is 1.90. The van der Waals surface area contributed by atoms with Crippen LogP contribution >= 0.6 is 0 Å². The predicted octanol–water partition coefficient (Wildman–Crippen LogP) is 1.74. The second-order valence-corrected chi connectivity index (χ2v) is 3.05. The van der Waals surface area contributed by atoms with Crippen LogP contribution < -0.4 is 0 Å². The number of nitrogens with one attached hydrogen (secondary N) is 1. The highest BCUT2D eigenvalue weighted by Gasteiger charge is 2.16. The normalized spacial score (nSPS) is 25.1. The van der Waals surface area contributed by atoms with Gasteiger partial charge in [0, 0.05) is 12.3 Å². The number of hydrogen-bond acceptors (Lipinski definition) is 2. The molecular formula is C9H15NO. The molecule has 1 rings (SSSR count). The molecule has 1 unspecified atom stereocenters. The fraction of sp³-hybridized carbons (Fsp3) is 0.667. The molecule has 0 radical (unpaired) electrons. The first-order valence-corrected chi connectivity index (χ1v) is 4.15. The van der Waals surface area contributed by atoms with E-state index in [9.17, 15) is 0 Å². The number of aliphatic hydroxyl groups is 1. The van der Waals surface area contributed by atoms with Crippen LogP contribution in [-0.4, -0.2) is 17.4 Å². The van der Waals surface area contributed by atoms with Crippen LogP contribution in [0.3, 0.4) is 0 Å². The van der Waals surface area contributed by atoms with E-state index in [2.05, 4.69) is 13.0 Å². The fourth-order valence-electron chi connectivity index (χ4n) is 1.43. The molecule has 0 bridgehead atoms. The molecular weight excluding hydrogens is 138 g/mol. The summed E-state index contributed by atoms with van der Waals surface area (Å²) in [6.45, 7) is 2.29. The van der Waals surface area contributed by atoms with E-state index in [0.717, 1.165) is 30.5 Å². The van der Waals surface area contributed by atoms with E-state index in [1.54, 1.807) is 0 Å². The van der Waals surface area contributed by atoms with Gasteiger partial charge in [-0.3, -0.25) is 0 Å². The monoisotopic (exact) mass is 153 g/mol. The Morgan fingerprint density at radius 1 is 1.73 bits per heavy atom. The minimum Gasteiger partial charge on any atom is -0.396 e. The van der Waals surface area contributed by atoms with Crippen LogP contribution in [0.1, 0.15) is 26.2 Å². The summed E-state index contributed by atoms with van der Waals surface area (Å²) in [5.74, 6) is 0.304. The van der Waals surface area contributed by atoms with Gasteiger partial charge >= 0.3 is 0 Å². The Morgan fingerprint density at radius 2 is 2.45 bits per heavy atom. The second-order valence-electron chi connectivity index (χ2n) is 3.05. The Balaban J connectivity index is 2.60. The van der Waals surface area contributed by atoms with Gasteiger partial charge in [0.2, 0.25) is 0 Å². The van der Waals surface area contributed by atoms with Crippen molar-refractivity contribution >= 4 is 5.71 Å². The summed E-state index contributed by atoms with van der Waals surface area (Å²) in [4.78, 5) is 0. The molecule has 1 atom stereocenters. The van der Waals surface area contributed by atoms with Gasteiger partial charge in [-0.05, 0) is 30.8 Å². The van der Waals surface area contributed by atoms with Gasteiger partial charge in [0.1, 0.15) is 0 Å². The summed E-state index contributed by atoms with van der Waals surface area (Å²) in [6.07, 6.45) is 4.75. The highest BCUT2D eigenvalue weighted by Crippen LogP contribution is 2.21. The highest BCUT2D eigenvalue weighted by molar-refractivity contribution is 5.98. The molecule has 0 aliphatic heterocycles. The number of hydrogen-bond donors (Lipinski definition) is 2. The lowest BCUT2D eigenvalue weighted by Gasteiger charge is -2.19. The van der Waals surface area contributed by atoms with Crippen molar-refractivity contribution in [3.63, 3.8) is 0 Å². The Bertz CT molecular complexity index is 184. The van der Waals surface area contributed by atoms with Gasteiger partial charge in [0.15, 0.2) is 0 Å². The summed E-state index contributed by atoms with van der Waals surface area (Å²) >= 11 is 0. The minimum absolute atomic E-state index is 0.218. The van der Waals surface area contributed by atoms with E-state index in [1.165, 1.54) is 0 Å². The van der Waals surface area contributed by atoms with E-state index in [-0.39, 0.29) is 6.61 Å². The lowest BCUT2D eigenvalue weighted by Crippen LogP contribution is -2.17. The van der Waals surface area contributed by atoms with Gasteiger partial charge in [-0.15, -0.1) is 0 Å². The van der Waals surface area contributed by atoms with Gasteiger partial charge in [-0.1, -0.05) is 13.0 Å². The standard InChI is InChI=1S/C9H15NO/c1-2-8-4-3-7(6-11)5-9(8)10/h4,7,10-11H,2-3,5-6H2,1H3. The molecule has 0 aromatic carbocycles. The molecule has 0 fully saturated rings. The molecule has 0 aromatic rings. The molecule has 0 aromatic heterocycles. The molecule has 2 heteroatoms. The third-order valence-corrected chi connectivity index (χ3v) is 2.22. The van der Waals surface area contributed by atoms with Crippen molar-refractivity contribution in [1.82, 2.24) is 0 Å². The summed E-state index contributed by atoms with van der Waals surface area (Å²) in [5, 5.41) is 16.4. The van der Waals surface area contributed by atoms with Gasteiger partial charge in [0.25, 0.3) is 0 Å². The molecule has 0 amide bonds. The zero-order valence-corrected chi connectivity index (χ0v) is 6.93. The molecule has 2 nitrogen and oxygen atoms in total. The molecule has 2 N–H and O–H groups in total.